The molecule has 1 unspecified atom stereocenters. The van der Waals surface area contributed by atoms with Crippen LogP contribution in [0.4, 0.5) is 4.79 Å². The van der Waals surface area contributed by atoms with Crippen LogP contribution in [0, 0.1) is 6.92 Å². The van der Waals surface area contributed by atoms with Crippen molar-refractivity contribution in [2.45, 2.75) is 38.1 Å². The van der Waals surface area contributed by atoms with E-state index in [-0.39, 0.29) is 30.0 Å². The van der Waals surface area contributed by atoms with Crippen LogP contribution in [0.5, 0.6) is 0 Å². The summed E-state index contributed by atoms with van der Waals surface area (Å²) in [7, 11) is -2.78. The topological polar surface area (TPSA) is 93.2 Å². The summed E-state index contributed by atoms with van der Waals surface area (Å²) in [5.41, 5.74) is -0.178. The van der Waals surface area contributed by atoms with Crippen molar-refractivity contribution >= 4 is 35.2 Å². The van der Waals surface area contributed by atoms with E-state index in [1.54, 1.807) is 11.8 Å². The second-order valence-electron chi connectivity index (χ2n) is 10.7. The summed E-state index contributed by atoms with van der Waals surface area (Å²) in [6.07, 6.45) is 0.938. The number of amides is 2. The van der Waals surface area contributed by atoms with Gasteiger partial charge in [-0.1, -0.05) is 0 Å². The van der Waals surface area contributed by atoms with Gasteiger partial charge in [-0.3, -0.25) is 0 Å². The van der Waals surface area contributed by atoms with E-state index >= 15 is 0 Å². The second kappa shape index (κ2) is 11.4. The molecule has 8 nitrogen and oxygen atoms in total. The molecule has 2 saturated heterocycles. The molecule has 212 valence electrons. The Morgan fingerprint density at radius 2 is 1.39 bits per heavy atom. The molecular weight excluding hydrogens is 539 g/mol. The van der Waals surface area contributed by atoms with Crippen LogP contribution in [-0.2, 0) is 16.1 Å². The average Bonchev–Trinajstić information content (AvgIpc) is 3.73. The van der Waals surface area contributed by atoms with Gasteiger partial charge in [-0.25, -0.2) is 4.79 Å². The zero-order chi connectivity index (χ0) is 28.4. The molecule has 0 radical (unpaired) electrons. The van der Waals surface area contributed by atoms with Crippen molar-refractivity contribution in [2.24, 2.45) is 0 Å². The molecule has 0 spiro atoms. The van der Waals surface area contributed by atoms with E-state index in [4.69, 9.17) is 13.6 Å². The van der Waals surface area contributed by atoms with Crippen LogP contribution in [-0.4, -0.2) is 53.1 Å². The fraction of sp³-hybridized carbons (Fsp3) is 0.281. The summed E-state index contributed by atoms with van der Waals surface area (Å²) in [5.74, 6) is -0.179. The van der Waals surface area contributed by atoms with Crippen LogP contribution in [0.1, 0.15) is 24.4 Å². The maximum atomic E-state index is 14.5. The molecule has 2 atom stereocenters. The van der Waals surface area contributed by atoms with Crippen molar-refractivity contribution in [3.8, 4) is 0 Å². The van der Waals surface area contributed by atoms with E-state index in [0.717, 1.165) is 6.42 Å². The van der Waals surface area contributed by atoms with Crippen molar-refractivity contribution < 1.29 is 23.2 Å². The van der Waals surface area contributed by atoms with E-state index in [9.17, 15) is 14.4 Å². The number of rotatable bonds is 7. The molecule has 2 aliphatic rings. The molecule has 3 aromatic carbocycles. The summed E-state index contributed by atoms with van der Waals surface area (Å²) in [6, 6.07) is 31.5. The number of carbonyl (C=O) groups is 2. The first kappa shape index (κ1) is 27.0. The Morgan fingerprint density at radius 1 is 0.829 bits per heavy atom. The van der Waals surface area contributed by atoms with Gasteiger partial charge >= 0.3 is 234 Å². The molecule has 6 rings (SSSR count). The number of benzene rings is 3. The van der Waals surface area contributed by atoms with Crippen molar-refractivity contribution in [3.63, 3.8) is 0 Å². The third-order valence-corrected chi connectivity index (χ3v) is 13.8. The van der Waals surface area contributed by atoms with Gasteiger partial charge in [-0.2, -0.15) is 0 Å². The number of hydrogen-bond donors (Lipinski definition) is 0. The normalized spacial score (nSPS) is 19.5. The molecule has 3 heterocycles. The summed E-state index contributed by atoms with van der Waals surface area (Å²) in [5, 5.41) is 3.65. The number of ether oxygens (including phenoxy) is 1. The molecule has 1 aromatic heterocycles. The Kier molecular flexibility index (Phi) is 7.50. The maximum absolute atomic E-state index is 14.5. The molecule has 4 aromatic rings. The number of hydrogen-bond acceptors (Lipinski definition) is 6. The SMILES string of the molecule is Cc1oc(=O)oc1COC(=O)N1CCC(N2CC[C@@H]([PH](c3ccccc3)(c3ccccc3)c3ccccc3)C2=O)C1. The summed E-state index contributed by atoms with van der Waals surface area (Å²) < 4.78 is 15.2. The monoisotopic (exact) mass is 572 g/mol. The Bertz CT molecular complexity index is 1470. The first-order chi connectivity index (χ1) is 20.0. The number of aryl methyl sites for hydroxylation is 1. The van der Waals surface area contributed by atoms with Gasteiger partial charge in [-0.15, -0.1) is 0 Å². The standard InChI is InChI=1S/C32H33N2O6P/c1-23-28(40-32(37)39-23)22-38-31(36)33-19-17-24(21-33)34-20-18-29(30(34)35)41(25-11-5-2-6-12-25,26-13-7-3-8-14-26)27-15-9-4-10-16-27/h2-16,24,29,41H,17-22H2,1H3/t24?,29-/m1/s1. The molecule has 2 fully saturated rings. The second-order valence-corrected chi connectivity index (χ2v) is 14.7. The van der Waals surface area contributed by atoms with Gasteiger partial charge in [0.15, 0.2) is 0 Å². The van der Waals surface area contributed by atoms with E-state index in [0.29, 0.717) is 31.8 Å². The molecule has 9 heteroatoms. The number of nitrogens with zero attached hydrogens (tertiary/aromatic N) is 2. The van der Waals surface area contributed by atoms with Crippen molar-refractivity contribution in [1.29, 1.82) is 0 Å². The van der Waals surface area contributed by atoms with Crippen molar-refractivity contribution in [2.75, 3.05) is 19.6 Å². The predicted molar refractivity (Wildman–Crippen MR) is 159 cm³/mol. The Hall–Kier alpha value is -4.16. The van der Waals surface area contributed by atoms with Crippen molar-refractivity contribution in [3.05, 3.63) is 113 Å². The van der Waals surface area contributed by atoms with Crippen LogP contribution in [0.15, 0.2) is 105 Å². The minimum atomic E-state index is -2.78. The third-order valence-electron chi connectivity index (χ3n) is 8.47. The summed E-state index contributed by atoms with van der Waals surface area (Å²) >= 11 is 0. The fourth-order valence-electron chi connectivity index (χ4n) is 6.56. The zero-order valence-corrected chi connectivity index (χ0v) is 23.9. The number of carbonyl (C=O) groups excluding carboxylic acids is 2. The van der Waals surface area contributed by atoms with Crippen molar-refractivity contribution in [1.82, 2.24) is 9.80 Å². The van der Waals surface area contributed by atoms with E-state index in [1.807, 2.05) is 23.1 Å². The van der Waals surface area contributed by atoms with Crippen LogP contribution in [0.25, 0.3) is 0 Å². The van der Waals surface area contributed by atoms with Gasteiger partial charge in [-0.05, 0) is 0 Å². The minimum absolute atomic E-state index is 0.0809. The van der Waals surface area contributed by atoms with Gasteiger partial charge in [0, 0.05) is 0 Å². The molecule has 0 bridgehead atoms. The number of likely N-dealkylation sites (tertiary alicyclic amines) is 2. The van der Waals surface area contributed by atoms with Crippen LogP contribution in [0.2, 0.25) is 0 Å². The van der Waals surface area contributed by atoms with Gasteiger partial charge in [0.05, 0.1) is 0 Å². The first-order valence-corrected chi connectivity index (χ1v) is 16.0. The van der Waals surface area contributed by atoms with Gasteiger partial charge in [0.1, 0.15) is 0 Å². The van der Waals surface area contributed by atoms with Crippen LogP contribution < -0.4 is 21.7 Å². The van der Waals surface area contributed by atoms with E-state index < -0.39 is 19.2 Å². The van der Waals surface area contributed by atoms with Gasteiger partial charge in [0.25, 0.3) is 0 Å². The molecule has 0 saturated carbocycles. The molecular formula is C32H33N2O6P. The summed E-state index contributed by atoms with van der Waals surface area (Å²) in [6.45, 7) is 2.95. The zero-order valence-electron chi connectivity index (χ0n) is 22.9. The Labute approximate surface area is 238 Å². The first-order valence-electron chi connectivity index (χ1n) is 14.0. The molecule has 2 aliphatic heterocycles. The Balaban J connectivity index is 1.26. The fourth-order valence-corrected chi connectivity index (χ4v) is 12.0. The third kappa shape index (κ3) is 4.97. The van der Waals surface area contributed by atoms with E-state index in [1.165, 1.54) is 15.9 Å². The van der Waals surface area contributed by atoms with Gasteiger partial charge in [0.2, 0.25) is 0 Å². The summed E-state index contributed by atoms with van der Waals surface area (Å²) in [4.78, 5) is 42.2. The molecule has 41 heavy (non-hydrogen) atoms. The van der Waals surface area contributed by atoms with E-state index in [2.05, 4.69) is 72.8 Å². The molecule has 2 amide bonds. The van der Waals surface area contributed by atoms with Gasteiger partial charge < -0.3 is 0 Å². The van der Waals surface area contributed by atoms with Crippen LogP contribution in [0.3, 0.4) is 0 Å². The Morgan fingerprint density at radius 3 is 1.90 bits per heavy atom. The molecule has 0 aliphatic carbocycles. The van der Waals surface area contributed by atoms with Crippen LogP contribution >= 0.6 is 7.26 Å². The quantitative estimate of drug-likeness (QED) is 0.315. The predicted octanol–water partition coefficient (Wildman–Crippen LogP) is 3.58. The molecule has 0 N–H and O–H groups in total. The average molecular weight is 573 g/mol.